The molecule has 0 N–H and O–H groups in total. The number of carbonyl (C=O) groups is 1. The van der Waals surface area contributed by atoms with E-state index >= 15 is 0 Å². The Kier molecular flexibility index (Phi) is 2.71. The summed E-state index contributed by atoms with van der Waals surface area (Å²) < 4.78 is 0.875. The molecule has 3 heteroatoms. The van der Waals surface area contributed by atoms with Gasteiger partial charge in [-0.05, 0) is 5.92 Å². The van der Waals surface area contributed by atoms with Gasteiger partial charge in [-0.3, -0.25) is 4.79 Å². The predicted molar refractivity (Wildman–Crippen MR) is 48.4 cm³/mol. The molecule has 1 fully saturated rings. The first-order valence-electron chi connectivity index (χ1n) is 3.70. The summed E-state index contributed by atoms with van der Waals surface area (Å²) in [5, 5.41) is 0. The van der Waals surface area contributed by atoms with Gasteiger partial charge < -0.3 is 4.90 Å². The lowest BCUT2D eigenvalue weighted by Gasteiger charge is -2.14. The molecule has 1 heterocycles. The fraction of sp³-hybridized carbons (Fsp3) is 0.625. The van der Waals surface area contributed by atoms with Crippen molar-refractivity contribution in [3.8, 4) is 0 Å². The van der Waals surface area contributed by atoms with Crippen LogP contribution in [0.3, 0.4) is 0 Å². The summed E-state index contributed by atoms with van der Waals surface area (Å²) in [5.74, 6) is 0.757. The van der Waals surface area contributed by atoms with E-state index in [1.165, 1.54) is 0 Å². The Morgan fingerprint density at radius 1 is 1.91 bits per heavy atom. The van der Waals surface area contributed by atoms with Gasteiger partial charge >= 0.3 is 0 Å². The Morgan fingerprint density at radius 2 is 2.55 bits per heavy atom. The van der Waals surface area contributed by atoms with Gasteiger partial charge in [0.1, 0.15) is 0 Å². The Hall–Kier alpha value is -0.310. The number of nitrogens with zero attached hydrogens (tertiary/aromatic N) is 1. The number of likely N-dealkylation sites (tertiary alicyclic amines) is 1. The Morgan fingerprint density at radius 3 is 2.91 bits per heavy atom. The highest BCUT2D eigenvalue weighted by molar-refractivity contribution is 9.11. The SMILES string of the molecule is C=C(Br)CN1CC(C)CC1=O. The third kappa shape index (κ3) is 2.33. The first-order valence-corrected chi connectivity index (χ1v) is 4.50. The fourth-order valence-electron chi connectivity index (χ4n) is 1.33. The van der Waals surface area contributed by atoms with Gasteiger partial charge in [0, 0.05) is 17.4 Å². The molecule has 0 aliphatic carbocycles. The van der Waals surface area contributed by atoms with Crippen LogP contribution in [-0.4, -0.2) is 23.9 Å². The van der Waals surface area contributed by atoms with E-state index in [1.54, 1.807) is 0 Å². The fourth-order valence-corrected chi connectivity index (χ4v) is 1.63. The standard InChI is InChI=1S/C8H12BrNO/c1-6-3-8(11)10(4-6)5-7(2)9/h6H,2-5H2,1H3. The maximum absolute atomic E-state index is 11.2. The van der Waals surface area contributed by atoms with Gasteiger partial charge in [0.2, 0.25) is 5.91 Å². The second-order valence-electron chi connectivity index (χ2n) is 3.10. The van der Waals surface area contributed by atoms with Crippen LogP contribution in [0.15, 0.2) is 11.1 Å². The van der Waals surface area contributed by atoms with Crippen LogP contribution >= 0.6 is 15.9 Å². The van der Waals surface area contributed by atoms with Crippen molar-refractivity contribution in [2.75, 3.05) is 13.1 Å². The van der Waals surface area contributed by atoms with Gasteiger partial charge in [-0.1, -0.05) is 29.4 Å². The first-order chi connectivity index (χ1) is 5.09. The van der Waals surface area contributed by atoms with E-state index in [2.05, 4.69) is 29.4 Å². The summed E-state index contributed by atoms with van der Waals surface area (Å²) >= 11 is 3.24. The molecule has 1 amide bonds. The number of hydrogen-bond donors (Lipinski definition) is 0. The van der Waals surface area contributed by atoms with E-state index in [9.17, 15) is 4.79 Å². The summed E-state index contributed by atoms with van der Waals surface area (Å²) in [4.78, 5) is 13.0. The van der Waals surface area contributed by atoms with Crippen molar-refractivity contribution >= 4 is 21.8 Å². The maximum Gasteiger partial charge on any atom is 0.223 e. The smallest absolute Gasteiger partial charge is 0.223 e. The third-order valence-corrected chi connectivity index (χ3v) is 2.02. The van der Waals surface area contributed by atoms with Crippen molar-refractivity contribution in [3.05, 3.63) is 11.1 Å². The molecule has 0 aromatic carbocycles. The van der Waals surface area contributed by atoms with Crippen molar-refractivity contribution in [1.82, 2.24) is 4.90 Å². The Labute approximate surface area is 75.4 Å². The van der Waals surface area contributed by atoms with Crippen LogP contribution in [0.1, 0.15) is 13.3 Å². The molecular weight excluding hydrogens is 206 g/mol. The highest BCUT2D eigenvalue weighted by atomic mass is 79.9. The second kappa shape index (κ2) is 3.39. The van der Waals surface area contributed by atoms with E-state index in [4.69, 9.17) is 0 Å². The molecule has 1 saturated heterocycles. The molecule has 2 nitrogen and oxygen atoms in total. The minimum absolute atomic E-state index is 0.248. The van der Waals surface area contributed by atoms with Gasteiger partial charge in [0.25, 0.3) is 0 Å². The van der Waals surface area contributed by atoms with Crippen molar-refractivity contribution in [1.29, 1.82) is 0 Å². The molecule has 0 aromatic heterocycles. The van der Waals surface area contributed by atoms with Crippen LogP contribution in [0.25, 0.3) is 0 Å². The molecule has 11 heavy (non-hydrogen) atoms. The van der Waals surface area contributed by atoms with Crippen LogP contribution in [0, 0.1) is 5.92 Å². The summed E-state index contributed by atoms with van der Waals surface area (Å²) in [7, 11) is 0. The molecule has 1 unspecified atom stereocenters. The summed E-state index contributed by atoms with van der Waals surface area (Å²) in [6.07, 6.45) is 0.695. The lowest BCUT2D eigenvalue weighted by Crippen LogP contribution is -2.25. The maximum atomic E-state index is 11.2. The first kappa shape index (κ1) is 8.78. The van der Waals surface area contributed by atoms with Gasteiger partial charge in [0.05, 0.1) is 6.54 Å². The quantitative estimate of drug-likeness (QED) is 0.691. The summed E-state index contributed by atoms with van der Waals surface area (Å²) in [6, 6.07) is 0. The summed E-state index contributed by atoms with van der Waals surface area (Å²) in [6.45, 7) is 7.33. The van der Waals surface area contributed by atoms with Crippen LogP contribution < -0.4 is 0 Å². The highest BCUT2D eigenvalue weighted by Crippen LogP contribution is 2.18. The Bertz CT molecular complexity index is 191. The van der Waals surface area contributed by atoms with E-state index in [0.29, 0.717) is 18.9 Å². The lowest BCUT2D eigenvalue weighted by molar-refractivity contribution is -0.127. The average molecular weight is 218 g/mol. The van der Waals surface area contributed by atoms with E-state index in [-0.39, 0.29) is 5.91 Å². The topological polar surface area (TPSA) is 20.3 Å². The second-order valence-corrected chi connectivity index (χ2v) is 4.22. The van der Waals surface area contributed by atoms with Gasteiger partial charge in [-0.15, -0.1) is 0 Å². The van der Waals surface area contributed by atoms with Crippen molar-refractivity contribution in [2.45, 2.75) is 13.3 Å². The van der Waals surface area contributed by atoms with E-state index < -0.39 is 0 Å². The van der Waals surface area contributed by atoms with Crippen molar-refractivity contribution in [2.24, 2.45) is 5.92 Å². The molecule has 1 rings (SSSR count). The normalized spacial score (nSPS) is 24.4. The van der Waals surface area contributed by atoms with Gasteiger partial charge in [-0.2, -0.15) is 0 Å². The van der Waals surface area contributed by atoms with E-state index in [1.807, 2.05) is 4.90 Å². The summed E-state index contributed by atoms with van der Waals surface area (Å²) in [5.41, 5.74) is 0. The van der Waals surface area contributed by atoms with Crippen LogP contribution in [-0.2, 0) is 4.79 Å². The van der Waals surface area contributed by atoms with Crippen molar-refractivity contribution in [3.63, 3.8) is 0 Å². The number of hydrogen-bond acceptors (Lipinski definition) is 1. The number of halogens is 1. The third-order valence-electron chi connectivity index (χ3n) is 1.77. The molecule has 0 radical (unpaired) electrons. The monoisotopic (exact) mass is 217 g/mol. The number of amides is 1. The molecule has 0 bridgehead atoms. The molecule has 1 aliphatic heterocycles. The Balaban J connectivity index is 2.47. The molecule has 0 spiro atoms. The zero-order chi connectivity index (χ0) is 8.43. The molecule has 62 valence electrons. The minimum atomic E-state index is 0.248. The zero-order valence-corrected chi connectivity index (χ0v) is 8.23. The van der Waals surface area contributed by atoms with Crippen LogP contribution in [0.2, 0.25) is 0 Å². The van der Waals surface area contributed by atoms with Crippen LogP contribution in [0.5, 0.6) is 0 Å². The number of rotatable bonds is 2. The predicted octanol–water partition coefficient (Wildman–Crippen LogP) is 1.76. The lowest BCUT2D eigenvalue weighted by atomic mass is 10.2. The van der Waals surface area contributed by atoms with Gasteiger partial charge in [0.15, 0.2) is 0 Å². The largest absolute Gasteiger partial charge is 0.338 e. The highest BCUT2D eigenvalue weighted by Gasteiger charge is 2.25. The zero-order valence-electron chi connectivity index (χ0n) is 6.64. The average Bonchev–Trinajstić information content (AvgIpc) is 2.09. The molecular formula is C8H12BrNO. The van der Waals surface area contributed by atoms with Crippen LogP contribution in [0.4, 0.5) is 0 Å². The molecule has 0 aromatic rings. The minimum Gasteiger partial charge on any atom is -0.338 e. The van der Waals surface area contributed by atoms with E-state index in [0.717, 1.165) is 11.0 Å². The number of carbonyl (C=O) groups excluding carboxylic acids is 1. The van der Waals surface area contributed by atoms with Gasteiger partial charge in [-0.25, -0.2) is 0 Å². The van der Waals surface area contributed by atoms with Crippen molar-refractivity contribution < 1.29 is 4.79 Å². The molecule has 1 atom stereocenters. The molecule has 0 saturated carbocycles. The molecule has 1 aliphatic rings.